The van der Waals surface area contributed by atoms with Crippen LogP contribution in [0.4, 0.5) is 34.8 Å². The smallest absolute Gasteiger partial charge is 0.255 e. The van der Waals surface area contributed by atoms with Crippen molar-refractivity contribution < 1.29 is 22.4 Å². The first kappa shape index (κ1) is 17.4. The van der Waals surface area contributed by atoms with E-state index in [2.05, 4.69) is 15.6 Å². The normalized spacial score (nSPS) is 10.5. The second-order valence-electron chi connectivity index (χ2n) is 5.24. The number of hydrogen-bond acceptors (Lipinski definition) is 3. The fourth-order valence-electron chi connectivity index (χ4n) is 2.17. The minimum atomic E-state index is -1.62. The van der Waals surface area contributed by atoms with Gasteiger partial charge < -0.3 is 10.6 Å². The molecule has 8 heteroatoms. The Balaban J connectivity index is 1.80. The lowest BCUT2D eigenvalue weighted by Crippen LogP contribution is -2.12. The summed E-state index contributed by atoms with van der Waals surface area (Å²) in [5.41, 5.74) is 0.0711. The van der Waals surface area contributed by atoms with Gasteiger partial charge in [-0.3, -0.25) is 4.79 Å². The summed E-state index contributed by atoms with van der Waals surface area (Å²) < 4.78 is 53.1. The van der Waals surface area contributed by atoms with Gasteiger partial charge in [-0.2, -0.15) is 0 Å². The van der Waals surface area contributed by atoms with Crippen LogP contribution in [-0.4, -0.2) is 10.9 Å². The van der Waals surface area contributed by atoms with Crippen LogP contribution in [0.2, 0.25) is 0 Å². The van der Waals surface area contributed by atoms with Crippen LogP contribution in [0.1, 0.15) is 10.4 Å². The van der Waals surface area contributed by atoms with Gasteiger partial charge in [-0.05, 0) is 42.5 Å². The Kier molecular flexibility index (Phi) is 4.83. The standard InChI is InChI=1S/C18H11F4N3O/c19-11-2-1-3-12(9-11)24-18(26)10-6-7-23-15(8-10)25-14-5-4-13(20)16(21)17(14)22/h1-9H,(H,23,25)(H,24,26). The highest BCUT2D eigenvalue weighted by Gasteiger charge is 2.14. The van der Waals surface area contributed by atoms with Crippen LogP contribution in [0.15, 0.2) is 54.7 Å². The fraction of sp³-hybridized carbons (Fsp3) is 0. The van der Waals surface area contributed by atoms with Crippen LogP contribution >= 0.6 is 0 Å². The summed E-state index contributed by atoms with van der Waals surface area (Å²) in [5.74, 6) is -5.34. The largest absolute Gasteiger partial charge is 0.338 e. The van der Waals surface area contributed by atoms with E-state index < -0.39 is 29.2 Å². The lowest BCUT2D eigenvalue weighted by Gasteiger charge is -2.09. The molecule has 0 unspecified atom stereocenters. The van der Waals surface area contributed by atoms with E-state index in [-0.39, 0.29) is 22.8 Å². The van der Waals surface area contributed by atoms with Crippen molar-refractivity contribution in [2.45, 2.75) is 0 Å². The van der Waals surface area contributed by atoms with Crippen molar-refractivity contribution in [1.29, 1.82) is 0 Å². The number of amides is 1. The number of anilines is 3. The Morgan fingerprint density at radius 3 is 2.50 bits per heavy atom. The summed E-state index contributed by atoms with van der Waals surface area (Å²) in [4.78, 5) is 16.1. The number of halogens is 4. The Bertz CT molecular complexity index is 978. The van der Waals surface area contributed by atoms with Crippen molar-refractivity contribution in [3.8, 4) is 0 Å². The van der Waals surface area contributed by atoms with Gasteiger partial charge in [-0.25, -0.2) is 22.5 Å². The Hall–Kier alpha value is -3.42. The van der Waals surface area contributed by atoms with Crippen molar-refractivity contribution in [3.63, 3.8) is 0 Å². The van der Waals surface area contributed by atoms with Gasteiger partial charge in [0.2, 0.25) is 0 Å². The van der Waals surface area contributed by atoms with Crippen molar-refractivity contribution >= 4 is 23.1 Å². The van der Waals surface area contributed by atoms with E-state index in [1.807, 2.05) is 0 Å². The Morgan fingerprint density at radius 1 is 0.923 bits per heavy atom. The van der Waals surface area contributed by atoms with E-state index in [1.165, 1.54) is 36.5 Å². The number of aromatic nitrogens is 1. The summed E-state index contributed by atoms with van der Waals surface area (Å²) in [5, 5.41) is 4.98. The SMILES string of the molecule is O=C(Nc1cccc(F)c1)c1ccnc(Nc2ccc(F)c(F)c2F)c1. The highest BCUT2D eigenvalue weighted by Crippen LogP contribution is 2.23. The highest BCUT2D eigenvalue weighted by molar-refractivity contribution is 6.04. The van der Waals surface area contributed by atoms with Crippen LogP contribution in [0.3, 0.4) is 0 Å². The summed E-state index contributed by atoms with van der Waals surface area (Å²) in [6.07, 6.45) is 1.28. The summed E-state index contributed by atoms with van der Waals surface area (Å²) in [6.45, 7) is 0. The van der Waals surface area contributed by atoms with Crippen molar-refractivity contribution in [2.75, 3.05) is 10.6 Å². The number of nitrogens with zero attached hydrogens (tertiary/aromatic N) is 1. The number of benzene rings is 2. The van der Waals surface area contributed by atoms with Crippen LogP contribution in [0, 0.1) is 23.3 Å². The van der Waals surface area contributed by atoms with E-state index in [9.17, 15) is 22.4 Å². The zero-order valence-corrected chi connectivity index (χ0v) is 13.1. The molecular formula is C18H11F4N3O. The Labute approximate surface area is 145 Å². The van der Waals surface area contributed by atoms with Gasteiger partial charge in [0.25, 0.3) is 5.91 Å². The molecule has 4 nitrogen and oxygen atoms in total. The molecule has 26 heavy (non-hydrogen) atoms. The van der Waals surface area contributed by atoms with Crippen LogP contribution in [0.25, 0.3) is 0 Å². The predicted molar refractivity (Wildman–Crippen MR) is 88.2 cm³/mol. The number of hydrogen-bond donors (Lipinski definition) is 2. The average Bonchev–Trinajstić information content (AvgIpc) is 2.62. The van der Waals surface area contributed by atoms with E-state index in [0.717, 1.165) is 18.2 Å². The molecular weight excluding hydrogens is 350 g/mol. The molecule has 1 aromatic heterocycles. The molecule has 1 amide bonds. The maximum Gasteiger partial charge on any atom is 0.255 e. The third-order valence-corrected chi connectivity index (χ3v) is 3.40. The lowest BCUT2D eigenvalue weighted by atomic mass is 10.2. The zero-order valence-electron chi connectivity index (χ0n) is 13.1. The van der Waals surface area contributed by atoms with E-state index in [4.69, 9.17) is 0 Å². The monoisotopic (exact) mass is 361 g/mol. The van der Waals surface area contributed by atoms with Gasteiger partial charge in [0.15, 0.2) is 17.5 Å². The summed E-state index contributed by atoms with van der Waals surface area (Å²) >= 11 is 0. The van der Waals surface area contributed by atoms with Crippen molar-refractivity contribution in [3.05, 3.63) is 83.6 Å². The predicted octanol–water partition coefficient (Wildman–Crippen LogP) is 4.63. The lowest BCUT2D eigenvalue weighted by molar-refractivity contribution is 0.102. The number of carbonyl (C=O) groups excluding carboxylic acids is 1. The maximum absolute atomic E-state index is 13.7. The molecule has 0 atom stereocenters. The molecule has 2 N–H and O–H groups in total. The van der Waals surface area contributed by atoms with Gasteiger partial charge in [0.05, 0.1) is 5.69 Å². The van der Waals surface area contributed by atoms with Crippen LogP contribution in [-0.2, 0) is 0 Å². The molecule has 0 radical (unpaired) electrons. The Morgan fingerprint density at radius 2 is 1.73 bits per heavy atom. The second kappa shape index (κ2) is 7.22. The molecule has 3 aromatic rings. The summed E-state index contributed by atoms with van der Waals surface area (Å²) in [7, 11) is 0. The first-order chi connectivity index (χ1) is 12.4. The van der Waals surface area contributed by atoms with E-state index >= 15 is 0 Å². The molecule has 0 aliphatic carbocycles. The molecule has 0 spiro atoms. The maximum atomic E-state index is 13.7. The first-order valence-electron chi connectivity index (χ1n) is 7.37. The second-order valence-corrected chi connectivity index (χ2v) is 5.24. The van der Waals surface area contributed by atoms with E-state index in [0.29, 0.717) is 0 Å². The zero-order chi connectivity index (χ0) is 18.7. The number of pyridine rings is 1. The molecule has 0 bridgehead atoms. The number of rotatable bonds is 4. The van der Waals surface area contributed by atoms with Gasteiger partial charge in [-0.15, -0.1) is 0 Å². The third kappa shape index (κ3) is 3.80. The first-order valence-corrected chi connectivity index (χ1v) is 7.37. The molecule has 3 rings (SSSR count). The van der Waals surface area contributed by atoms with Gasteiger partial charge in [-0.1, -0.05) is 6.07 Å². The van der Waals surface area contributed by atoms with E-state index in [1.54, 1.807) is 0 Å². The van der Waals surface area contributed by atoms with Gasteiger partial charge in [0.1, 0.15) is 11.6 Å². The number of nitrogens with one attached hydrogen (secondary N) is 2. The molecule has 132 valence electrons. The van der Waals surface area contributed by atoms with Crippen molar-refractivity contribution in [1.82, 2.24) is 4.98 Å². The molecule has 1 heterocycles. The molecule has 0 fully saturated rings. The number of carbonyl (C=O) groups is 1. The van der Waals surface area contributed by atoms with Gasteiger partial charge in [0, 0.05) is 17.4 Å². The molecule has 0 saturated carbocycles. The summed E-state index contributed by atoms with van der Waals surface area (Å²) in [6, 6.07) is 9.79. The van der Waals surface area contributed by atoms with Crippen LogP contribution < -0.4 is 10.6 Å². The topological polar surface area (TPSA) is 54.0 Å². The molecule has 2 aromatic carbocycles. The third-order valence-electron chi connectivity index (χ3n) is 3.40. The minimum Gasteiger partial charge on any atom is -0.338 e. The minimum absolute atomic E-state index is 0.0433. The highest BCUT2D eigenvalue weighted by atomic mass is 19.2. The molecule has 0 saturated heterocycles. The van der Waals surface area contributed by atoms with Crippen LogP contribution in [0.5, 0.6) is 0 Å². The molecule has 0 aliphatic heterocycles. The van der Waals surface area contributed by atoms with Gasteiger partial charge >= 0.3 is 0 Å². The quantitative estimate of drug-likeness (QED) is 0.526. The average molecular weight is 361 g/mol. The fourth-order valence-corrected chi connectivity index (χ4v) is 2.17. The van der Waals surface area contributed by atoms with Crippen molar-refractivity contribution in [2.24, 2.45) is 0 Å². The molecule has 0 aliphatic rings.